The molecule has 1 fully saturated rings. The van der Waals surface area contributed by atoms with Gasteiger partial charge in [-0.3, -0.25) is 24.6 Å². The SMILES string of the molecule is COc1ccc(/C=C2\C(=O)NC(=S)N(c3ccc(Oc4ccccc4)cc3)C2=O)cc1COc1ccccc1C(N)=O. The maximum Gasteiger partial charge on any atom is 0.270 e. The van der Waals surface area contributed by atoms with Gasteiger partial charge in [-0.05, 0) is 84.5 Å². The van der Waals surface area contributed by atoms with E-state index in [1.807, 2.05) is 30.3 Å². The molecule has 9 nitrogen and oxygen atoms in total. The third kappa shape index (κ3) is 6.13. The van der Waals surface area contributed by atoms with Crippen molar-refractivity contribution in [3.05, 3.63) is 119 Å². The van der Waals surface area contributed by atoms with Gasteiger partial charge >= 0.3 is 0 Å². The van der Waals surface area contributed by atoms with Crippen LogP contribution in [0.5, 0.6) is 23.0 Å². The summed E-state index contributed by atoms with van der Waals surface area (Å²) in [6.07, 6.45) is 1.47. The largest absolute Gasteiger partial charge is 0.496 e. The number of nitrogens with one attached hydrogen (secondary N) is 1. The molecule has 10 heteroatoms. The zero-order chi connectivity index (χ0) is 29.6. The predicted octanol–water partition coefficient (Wildman–Crippen LogP) is 5.00. The Morgan fingerprint density at radius 2 is 1.60 bits per heavy atom. The van der Waals surface area contributed by atoms with Gasteiger partial charge in [-0.25, -0.2) is 0 Å². The van der Waals surface area contributed by atoms with Gasteiger partial charge in [0.05, 0.1) is 18.4 Å². The number of benzene rings is 4. The van der Waals surface area contributed by atoms with Crippen LogP contribution in [-0.4, -0.2) is 29.9 Å². The Labute approximate surface area is 247 Å². The lowest BCUT2D eigenvalue weighted by Gasteiger charge is -2.29. The minimum absolute atomic E-state index is 0.0317. The standard InChI is InChI=1S/C32H25N3O6S/c1-39-27-16-11-20(17-21(27)19-40-28-10-6-5-9-25(28)29(33)36)18-26-30(37)34-32(42)35(31(26)38)22-12-14-24(15-13-22)41-23-7-3-2-4-8-23/h2-18H,19H2,1H3,(H2,33,36)(H,34,37,42)/b26-18+. The lowest BCUT2D eigenvalue weighted by molar-refractivity contribution is -0.122. The molecule has 210 valence electrons. The Morgan fingerprint density at radius 1 is 0.905 bits per heavy atom. The lowest BCUT2D eigenvalue weighted by atomic mass is 10.0. The number of ether oxygens (including phenoxy) is 3. The maximum atomic E-state index is 13.5. The van der Waals surface area contributed by atoms with Crippen molar-refractivity contribution in [2.24, 2.45) is 5.73 Å². The average Bonchev–Trinajstić information content (AvgIpc) is 2.99. The molecule has 3 amide bonds. The molecule has 0 bridgehead atoms. The van der Waals surface area contributed by atoms with E-state index < -0.39 is 17.7 Å². The van der Waals surface area contributed by atoms with Crippen LogP contribution in [-0.2, 0) is 16.2 Å². The Kier molecular flexibility index (Phi) is 8.26. The van der Waals surface area contributed by atoms with E-state index in [0.717, 1.165) is 0 Å². The molecule has 5 rings (SSSR count). The fourth-order valence-electron chi connectivity index (χ4n) is 4.30. The van der Waals surface area contributed by atoms with Crippen LogP contribution in [0.4, 0.5) is 5.69 Å². The van der Waals surface area contributed by atoms with Crippen LogP contribution < -0.4 is 30.2 Å². The third-order valence-electron chi connectivity index (χ3n) is 6.33. The van der Waals surface area contributed by atoms with E-state index in [2.05, 4.69) is 5.32 Å². The fraction of sp³-hybridized carbons (Fsp3) is 0.0625. The number of rotatable bonds is 9. The number of para-hydroxylation sites is 2. The molecule has 0 spiro atoms. The second kappa shape index (κ2) is 12.4. The molecule has 1 aliphatic rings. The van der Waals surface area contributed by atoms with Crippen molar-refractivity contribution in [3.8, 4) is 23.0 Å². The summed E-state index contributed by atoms with van der Waals surface area (Å²) in [4.78, 5) is 39.4. The summed E-state index contributed by atoms with van der Waals surface area (Å²) in [6, 6.07) is 27.9. The minimum atomic E-state index is -0.616. The average molecular weight is 580 g/mol. The number of carbonyl (C=O) groups excluding carboxylic acids is 3. The number of hydrogen-bond acceptors (Lipinski definition) is 7. The Bertz CT molecular complexity index is 1700. The number of nitrogens with zero attached hydrogens (tertiary/aromatic N) is 1. The number of primary amides is 1. The number of nitrogens with two attached hydrogens (primary N) is 1. The number of carbonyl (C=O) groups is 3. The van der Waals surface area contributed by atoms with Gasteiger partial charge in [0, 0.05) is 5.56 Å². The van der Waals surface area contributed by atoms with Crippen LogP contribution in [0.1, 0.15) is 21.5 Å². The highest BCUT2D eigenvalue weighted by molar-refractivity contribution is 7.80. The highest BCUT2D eigenvalue weighted by atomic mass is 32.1. The highest BCUT2D eigenvalue weighted by Gasteiger charge is 2.34. The lowest BCUT2D eigenvalue weighted by Crippen LogP contribution is -2.54. The Hall–Kier alpha value is -5.48. The molecule has 3 N–H and O–H groups in total. The first-order valence-electron chi connectivity index (χ1n) is 12.8. The van der Waals surface area contributed by atoms with Crippen molar-refractivity contribution in [2.75, 3.05) is 12.0 Å². The fourth-order valence-corrected chi connectivity index (χ4v) is 4.58. The molecule has 4 aromatic carbocycles. The van der Waals surface area contributed by atoms with Gasteiger partial charge in [0.15, 0.2) is 5.11 Å². The molecular formula is C32H25N3O6S. The van der Waals surface area contributed by atoms with Crippen LogP contribution in [0.2, 0.25) is 0 Å². The van der Waals surface area contributed by atoms with Crippen LogP contribution in [0.15, 0.2) is 103 Å². The van der Waals surface area contributed by atoms with E-state index in [9.17, 15) is 14.4 Å². The van der Waals surface area contributed by atoms with E-state index in [4.69, 9.17) is 32.2 Å². The van der Waals surface area contributed by atoms with Gasteiger partial charge in [-0.1, -0.05) is 36.4 Å². The number of hydrogen-bond donors (Lipinski definition) is 2. The van der Waals surface area contributed by atoms with Gasteiger partial charge < -0.3 is 19.9 Å². The van der Waals surface area contributed by atoms with E-state index in [-0.39, 0.29) is 22.9 Å². The Balaban J connectivity index is 1.38. The first kappa shape index (κ1) is 28.1. The molecule has 0 atom stereocenters. The van der Waals surface area contributed by atoms with Crippen molar-refractivity contribution >= 4 is 46.8 Å². The number of anilines is 1. The summed E-state index contributed by atoms with van der Waals surface area (Å²) in [6.45, 7) is 0.0399. The van der Waals surface area contributed by atoms with Gasteiger partial charge in [0.1, 0.15) is 35.2 Å². The summed E-state index contributed by atoms with van der Waals surface area (Å²) in [7, 11) is 1.52. The van der Waals surface area contributed by atoms with Crippen LogP contribution in [0.25, 0.3) is 6.08 Å². The zero-order valence-corrected chi connectivity index (χ0v) is 23.2. The van der Waals surface area contributed by atoms with Gasteiger partial charge in [-0.15, -0.1) is 0 Å². The molecule has 0 aliphatic carbocycles. The normalized spacial score (nSPS) is 14.0. The first-order valence-corrected chi connectivity index (χ1v) is 13.2. The summed E-state index contributed by atoms with van der Waals surface area (Å²) in [5.74, 6) is 0.286. The van der Waals surface area contributed by atoms with Crippen molar-refractivity contribution in [2.45, 2.75) is 6.61 Å². The third-order valence-corrected chi connectivity index (χ3v) is 6.61. The quantitative estimate of drug-likeness (QED) is 0.163. The molecule has 0 unspecified atom stereocenters. The van der Waals surface area contributed by atoms with Crippen molar-refractivity contribution in [1.29, 1.82) is 0 Å². The summed E-state index contributed by atoms with van der Waals surface area (Å²) in [5, 5.41) is 2.56. The van der Waals surface area contributed by atoms with E-state index in [0.29, 0.717) is 39.8 Å². The molecule has 1 saturated heterocycles. The van der Waals surface area contributed by atoms with Gasteiger partial charge in [0.25, 0.3) is 17.7 Å². The number of methoxy groups -OCH3 is 1. The smallest absolute Gasteiger partial charge is 0.270 e. The van der Waals surface area contributed by atoms with E-state index in [1.54, 1.807) is 66.7 Å². The first-order chi connectivity index (χ1) is 20.3. The van der Waals surface area contributed by atoms with Crippen molar-refractivity contribution in [1.82, 2.24) is 5.32 Å². The molecule has 4 aromatic rings. The summed E-state index contributed by atoms with van der Waals surface area (Å²) in [5.41, 5.74) is 7.23. The molecule has 0 radical (unpaired) electrons. The molecule has 1 aliphatic heterocycles. The van der Waals surface area contributed by atoms with Crippen LogP contribution in [0.3, 0.4) is 0 Å². The highest BCUT2D eigenvalue weighted by Crippen LogP contribution is 2.29. The molecule has 1 heterocycles. The maximum absolute atomic E-state index is 13.5. The van der Waals surface area contributed by atoms with Crippen LogP contribution >= 0.6 is 12.2 Å². The van der Waals surface area contributed by atoms with E-state index >= 15 is 0 Å². The van der Waals surface area contributed by atoms with Gasteiger partial charge in [0.2, 0.25) is 0 Å². The monoisotopic (exact) mass is 579 g/mol. The zero-order valence-electron chi connectivity index (χ0n) is 22.4. The minimum Gasteiger partial charge on any atom is -0.496 e. The second-order valence-electron chi connectivity index (χ2n) is 9.09. The molecule has 0 saturated carbocycles. The molecular weight excluding hydrogens is 554 g/mol. The number of amides is 3. The summed E-state index contributed by atoms with van der Waals surface area (Å²) < 4.78 is 17.2. The van der Waals surface area contributed by atoms with Crippen LogP contribution in [0, 0.1) is 0 Å². The van der Waals surface area contributed by atoms with Gasteiger partial charge in [-0.2, -0.15) is 0 Å². The number of thiocarbonyl (C=S) groups is 1. The molecule has 0 aromatic heterocycles. The summed E-state index contributed by atoms with van der Waals surface area (Å²) >= 11 is 5.33. The van der Waals surface area contributed by atoms with E-state index in [1.165, 1.54) is 18.1 Å². The topological polar surface area (TPSA) is 120 Å². The van der Waals surface area contributed by atoms with Crippen molar-refractivity contribution < 1.29 is 28.6 Å². The second-order valence-corrected chi connectivity index (χ2v) is 9.47. The van der Waals surface area contributed by atoms with Crippen molar-refractivity contribution in [3.63, 3.8) is 0 Å². The Morgan fingerprint density at radius 3 is 2.31 bits per heavy atom. The predicted molar refractivity (Wildman–Crippen MR) is 161 cm³/mol. The molecule has 42 heavy (non-hydrogen) atoms.